The topological polar surface area (TPSA) is 18.5 Å². The van der Waals surface area contributed by atoms with E-state index < -0.39 is 0 Å². The Morgan fingerprint density at radius 2 is 1.47 bits per heavy atom. The van der Waals surface area contributed by atoms with Crippen molar-refractivity contribution in [3.8, 4) is 11.5 Å². The molecule has 4 heteroatoms. The molecule has 0 aliphatic rings. The van der Waals surface area contributed by atoms with Gasteiger partial charge in [-0.25, -0.2) is 0 Å². The summed E-state index contributed by atoms with van der Waals surface area (Å²) in [5, 5.41) is 0.730. The maximum Gasteiger partial charge on any atom is 0.136 e. The number of hydrogen-bond donors (Lipinski definition) is 0. The predicted octanol–water partition coefficient (Wildman–Crippen LogP) is 3.98. The monoisotopic (exact) mass is 336 g/mol. The molecule has 0 fully saturated rings. The number of alkyl halides is 1. The molecule has 15 heavy (non-hydrogen) atoms. The molecule has 1 aromatic carbocycles. The molecule has 0 amide bonds. The van der Waals surface area contributed by atoms with E-state index in [2.05, 4.69) is 31.9 Å². The fourth-order valence-corrected chi connectivity index (χ4v) is 3.30. The van der Waals surface area contributed by atoms with E-state index in [1.165, 1.54) is 0 Å². The lowest BCUT2D eigenvalue weighted by Gasteiger charge is -2.18. The minimum Gasteiger partial charge on any atom is -0.496 e. The van der Waals surface area contributed by atoms with E-state index in [0.717, 1.165) is 38.0 Å². The molecular weight excluding hydrogens is 324 g/mol. The highest BCUT2D eigenvalue weighted by molar-refractivity contribution is 9.11. The second-order valence-corrected chi connectivity index (χ2v) is 4.60. The fraction of sp³-hybridized carbons (Fsp3) is 0.455. The summed E-state index contributed by atoms with van der Waals surface area (Å²) in [6.07, 6.45) is 0. The molecule has 1 aromatic rings. The summed E-state index contributed by atoms with van der Waals surface area (Å²) in [6, 6.07) is 0. The summed E-state index contributed by atoms with van der Waals surface area (Å²) in [6.45, 7) is 4.06. The van der Waals surface area contributed by atoms with Gasteiger partial charge in [0.1, 0.15) is 11.5 Å². The maximum atomic E-state index is 5.41. The molecule has 0 atom stereocenters. The van der Waals surface area contributed by atoms with Crippen molar-refractivity contribution in [2.45, 2.75) is 19.2 Å². The van der Waals surface area contributed by atoms with Crippen molar-refractivity contribution in [2.24, 2.45) is 0 Å². The van der Waals surface area contributed by atoms with Gasteiger partial charge in [0.25, 0.3) is 0 Å². The van der Waals surface area contributed by atoms with Crippen molar-refractivity contribution >= 4 is 31.9 Å². The van der Waals surface area contributed by atoms with Crippen LogP contribution in [0.15, 0.2) is 4.47 Å². The Morgan fingerprint density at radius 3 is 1.87 bits per heavy atom. The van der Waals surface area contributed by atoms with Crippen LogP contribution < -0.4 is 9.47 Å². The minimum absolute atomic E-state index is 0.730. The summed E-state index contributed by atoms with van der Waals surface area (Å²) < 4.78 is 11.7. The molecule has 0 N–H and O–H groups in total. The van der Waals surface area contributed by atoms with Gasteiger partial charge in [0.15, 0.2) is 0 Å². The highest BCUT2D eigenvalue weighted by Crippen LogP contribution is 2.42. The van der Waals surface area contributed by atoms with Gasteiger partial charge in [-0.1, -0.05) is 15.9 Å². The van der Waals surface area contributed by atoms with Crippen LogP contribution in [0.5, 0.6) is 11.5 Å². The molecule has 0 heterocycles. The minimum atomic E-state index is 0.730. The smallest absolute Gasteiger partial charge is 0.136 e. The van der Waals surface area contributed by atoms with Gasteiger partial charge in [-0.2, -0.15) is 0 Å². The zero-order valence-corrected chi connectivity index (χ0v) is 12.5. The number of hydrogen-bond acceptors (Lipinski definition) is 2. The van der Waals surface area contributed by atoms with Crippen molar-refractivity contribution in [1.82, 2.24) is 0 Å². The van der Waals surface area contributed by atoms with Gasteiger partial charge in [-0.05, 0) is 40.9 Å². The third-order valence-corrected chi connectivity index (χ3v) is 3.92. The lowest BCUT2D eigenvalue weighted by atomic mass is 10.0. The Kier molecular flexibility index (Phi) is 4.46. The number of halogens is 2. The molecule has 84 valence electrons. The molecule has 0 saturated carbocycles. The highest BCUT2D eigenvalue weighted by Gasteiger charge is 2.18. The number of ether oxygens (including phenoxy) is 2. The van der Waals surface area contributed by atoms with Crippen molar-refractivity contribution in [2.75, 3.05) is 14.2 Å². The SMILES string of the molecule is COc1c(C)c(C)c(OC)c(CBr)c1Br. The van der Waals surface area contributed by atoms with E-state index in [0.29, 0.717) is 0 Å². The highest BCUT2D eigenvalue weighted by atomic mass is 79.9. The van der Waals surface area contributed by atoms with Crippen molar-refractivity contribution in [1.29, 1.82) is 0 Å². The Morgan fingerprint density at radius 1 is 1.00 bits per heavy atom. The van der Waals surface area contributed by atoms with E-state index in [1.807, 2.05) is 13.8 Å². The van der Waals surface area contributed by atoms with Gasteiger partial charge in [0.05, 0.1) is 18.7 Å². The Bertz CT molecular complexity index is 376. The first-order chi connectivity index (χ1) is 7.08. The molecule has 0 aliphatic carbocycles. The quantitative estimate of drug-likeness (QED) is 0.777. The van der Waals surface area contributed by atoms with Crippen molar-refractivity contribution < 1.29 is 9.47 Å². The third-order valence-electron chi connectivity index (χ3n) is 2.52. The average molecular weight is 338 g/mol. The Hall–Kier alpha value is -0.220. The largest absolute Gasteiger partial charge is 0.496 e. The standard InChI is InChI=1S/C11H14Br2O2/c1-6-7(2)11(15-4)9(13)8(5-12)10(6)14-3/h5H2,1-4H3. The summed E-state index contributed by atoms with van der Waals surface area (Å²) in [5.41, 5.74) is 3.30. The summed E-state index contributed by atoms with van der Waals surface area (Å²) in [5.74, 6) is 1.79. The van der Waals surface area contributed by atoms with Crippen LogP contribution in [0.25, 0.3) is 0 Å². The molecule has 0 unspecified atom stereocenters. The van der Waals surface area contributed by atoms with Gasteiger partial charge in [-0.15, -0.1) is 0 Å². The maximum absolute atomic E-state index is 5.41. The van der Waals surface area contributed by atoms with E-state index in [9.17, 15) is 0 Å². The summed E-state index contributed by atoms with van der Waals surface area (Å²) in [7, 11) is 3.36. The van der Waals surface area contributed by atoms with Crippen LogP contribution in [0.4, 0.5) is 0 Å². The van der Waals surface area contributed by atoms with Gasteiger partial charge in [0.2, 0.25) is 0 Å². The molecule has 0 bridgehead atoms. The normalized spacial score (nSPS) is 10.3. The predicted molar refractivity (Wildman–Crippen MR) is 69.4 cm³/mol. The summed E-state index contributed by atoms with van der Waals surface area (Å²) >= 11 is 7.00. The molecule has 0 radical (unpaired) electrons. The van der Waals surface area contributed by atoms with Crippen LogP contribution in [-0.2, 0) is 5.33 Å². The van der Waals surface area contributed by atoms with Gasteiger partial charge in [-0.3, -0.25) is 0 Å². The molecule has 1 rings (SSSR count). The van der Waals surface area contributed by atoms with E-state index in [-0.39, 0.29) is 0 Å². The first kappa shape index (κ1) is 12.8. The van der Waals surface area contributed by atoms with Crippen molar-refractivity contribution in [3.63, 3.8) is 0 Å². The number of benzene rings is 1. The van der Waals surface area contributed by atoms with Crippen LogP contribution in [-0.4, -0.2) is 14.2 Å². The number of rotatable bonds is 3. The van der Waals surface area contributed by atoms with Crippen LogP contribution in [0.3, 0.4) is 0 Å². The van der Waals surface area contributed by atoms with Crippen LogP contribution in [0.1, 0.15) is 16.7 Å². The van der Waals surface area contributed by atoms with E-state index in [1.54, 1.807) is 14.2 Å². The van der Waals surface area contributed by atoms with Crippen LogP contribution in [0.2, 0.25) is 0 Å². The van der Waals surface area contributed by atoms with Gasteiger partial charge < -0.3 is 9.47 Å². The zero-order valence-electron chi connectivity index (χ0n) is 9.28. The Balaban J connectivity index is 3.57. The zero-order chi connectivity index (χ0) is 11.6. The number of methoxy groups -OCH3 is 2. The second kappa shape index (κ2) is 5.21. The lowest BCUT2D eigenvalue weighted by molar-refractivity contribution is 0.392. The molecule has 0 saturated heterocycles. The molecule has 0 aromatic heterocycles. The molecule has 0 spiro atoms. The van der Waals surface area contributed by atoms with Gasteiger partial charge in [0, 0.05) is 10.9 Å². The van der Waals surface area contributed by atoms with Gasteiger partial charge >= 0.3 is 0 Å². The molecule has 0 aliphatic heterocycles. The van der Waals surface area contributed by atoms with Crippen LogP contribution >= 0.6 is 31.9 Å². The average Bonchev–Trinajstić information content (AvgIpc) is 2.23. The summed E-state index contributed by atoms with van der Waals surface area (Å²) in [4.78, 5) is 0. The van der Waals surface area contributed by atoms with Crippen molar-refractivity contribution in [3.05, 3.63) is 21.2 Å². The Labute approximate surface area is 107 Å². The van der Waals surface area contributed by atoms with E-state index >= 15 is 0 Å². The molecule has 2 nitrogen and oxygen atoms in total. The lowest BCUT2D eigenvalue weighted by Crippen LogP contribution is -2.00. The van der Waals surface area contributed by atoms with Crippen LogP contribution in [0, 0.1) is 13.8 Å². The fourth-order valence-electron chi connectivity index (χ4n) is 1.61. The second-order valence-electron chi connectivity index (χ2n) is 3.24. The first-order valence-electron chi connectivity index (χ1n) is 4.53. The van der Waals surface area contributed by atoms with E-state index in [4.69, 9.17) is 9.47 Å². The third kappa shape index (κ3) is 2.16. The molecular formula is C11H14Br2O2. The first-order valence-corrected chi connectivity index (χ1v) is 6.45.